The maximum atomic E-state index is 12.9. The smallest absolute Gasteiger partial charge is 0.268 e. The summed E-state index contributed by atoms with van der Waals surface area (Å²) in [7, 11) is 0. The van der Waals surface area contributed by atoms with Crippen molar-refractivity contribution in [2.24, 2.45) is 0 Å². The summed E-state index contributed by atoms with van der Waals surface area (Å²) < 4.78 is 5.83. The van der Waals surface area contributed by atoms with Gasteiger partial charge >= 0.3 is 0 Å². The number of carbonyl (C=O) groups is 2. The molecule has 0 saturated carbocycles. The van der Waals surface area contributed by atoms with Gasteiger partial charge in [-0.3, -0.25) is 9.59 Å². The van der Waals surface area contributed by atoms with Gasteiger partial charge in [-0.05, 0) is 62.1 Å². The van der Waals surface area contributed by atoms with Crippen LogP contribution < -0.4 is 15.4 Å². The molecule has 0 aliphatic carbocycles. The van der Waals surface area contributed by atoms with Gasteiger partial charge in [-0.25, -0.2) is 0 Å². The predicted molar refractivity (Wildman–Crippen MR) is 125 cm³/mol. The molecule has 3 rings (SSSR count). The molecule has 0 bridgehead atoms. The van der Waals surface area contributed by atoms with Gasteiger partial charge in [-0.1, -0.05) is 42.0 Å². The van der Waals surface area contributed by atoms with Crippen molar-refractivity contribution in [1.29, 1.82) is 0 Å². The van der Waals surface area contributed by atoms with E-state index in [-0.39, 0.29) is 23.6 Å². The molecule has 3 aromatic rings. The van der Waals surface area contributed by atoms with E-state index in [1.165, 1.54) is 11.3 Å². The van der Waals surface area contributed by atoms with Gasteiger partial charge in [0.2, 0.25) is 0 Å². The molecule has 1 unspecified atom stereocenters. The summed E-state index contributed by atoms with van der Waals surface area (Å²) >= 11 is 1.49. The summed E-state index contributed by atoms with van der Waals surface area (Å²) in [5.74, 6) is 0.0893. The van der Waals surface area contributed by atoms with Gasteiger partial charge in [-0.2, -0.15) is 0 Å². The van der Waals surface area contributed by atoms with Gasteiger partial charge in [0, 0.05) is 10.4 Å². The average molecular weight is 435 g/mol. The van der Waals surface area contributed by atoms with Crippen molar-refractivity contribution >= 4 is 29.2 Å². The molecular formula is C25H26N2O3S. The highest BCUT2D eigenvalue weighted by atomic mass is 32.1. The minimum absolute atomic E-state index is 0.191. The first kappa shape index (κ1) is 22.3. The Bertz CT molecular complexity index is 1070. The first-order valence-electron chi connectivity index (χ1n) is 10.0. The lowest BCUT2D eigenvalue weighted by Gasteiger charge is -2.17. The van der Waals surface area contributed by atoms with Gasteiger partial charge < -0.3 is 15.4 Å². The number of amides is 2. The fourth-order valence-corrected chi connectivity index (χ4v) is 3.59. The summed E-state index contributed by atoms with van der Waals surface area (Å²) in [5, 5.41) is 7.59. The lowest BCUT2D eigenvalue weighted by Crippen LogP contribution is -2.41. The first-order chi connectivity index (χ1) is 14.9. The zero-order chi connectivity index (χ0) is 22.2. The van der Waals surface area contributed by atoms with Crippen LogP contribution in [0.4, 0.5) is 0 Å². The Kier molecular flexibility index (Phi) is 7.62. The number of thiophene rings is 1. The van der Waals surface area contributed by atoms with E-state index in [9.17, 15) is 9.59 Å². The molecule has 0 aliphatic rings. The second-order valence-corrected chi connectivity index (χ2v) is 8.33. The molecule has 0 spiro atoms. The molecule has 0 radical (unpaired) electrons. The van der Waals surface area contributed by atoms with E-state index in [0.717, 1.165) is 21.8 Å². The average Bonchev–Trinajstić information content (AvgIpc) is 3.26. The highest BCUT2D eigenvalue weighted by Crippen LogP contribution is 2.17. The van der Waals surface area contributed by atoms with E-state index < -0.39 is 0 Å². The molecule has 160 valence electrons. The number of benzene rings is 2. The van der Waals surface area contributed by atoms with E-state index in [0.29, 0.717) is 12.2 Å². The monoisotopic (exact) mass is 434 g/mol. The number of hydrogen-bond acceptors (Lipinski definition) is 4. The van der Waals surface area contributed by atoms with Crippen LogP contribution in [0.1, 0.15) is 33.3 Å². The quantitative estimate of drug-likeness (QED) is 0.504. The Labute approximate surface area is 186 Å². The highest BCUT2D eigenvalue weighted by molar-refractivity contribution is 7.10. The van der Waals surface area contributed by atoms with Crippen LogP contribution in [0.2, 0.25) is 0 Å². The second kappa shape index (κ2) is 10.6. The molecule has 0 fully saturated rings. The molecule has 2 amide bonds. The van der Waals surface area contributed by atoms with Crippen LogP contribution in [-0.4, -0.2) is 24.5 Å². The van der Waals surface area contributed by atoms with E-state index in [1.54, 1.807) is 18.2 Å². The van der Waals surface area contributed by atoms with Crippen LogP contribution in [-0.2, 0) is 4.79 Å². The van der Waals surface area contributed by atoms with E-state index >= 15 is 0 Å². The predicted octanol–water partition coefficient (Wildman–Crippen LogP) is 4.72. The minimum atomic E-state index is -0.365. The van der Waals surface area contributed by atoms with Crippen LogP contribution in [0.3, 0.4) is 0 Å². The summed E-state index contributed by atoms with van der Waals surface area (Å²) in [5.41, 5.74) is 2.70. The van der Waals surface area contributed by atoms with Gasteiger partial charge in [0.25, 0.3) is 11.8 Å². The fourth-order valence-electron chi connectivity index (χ4n) is 2.93. The number of hydrogen-bond donors (Lipinski definition) is 2. The number of ether oxygens (including phenoxy) is 1. The number of nitrogens with one attached hydrogen (secondary N) is 2. The fraction of sp³-hybridized carbons (Fsp3) is 0.200. The van der Waals surface area contributed by atoms with Crippen molar-refractivity contribution in [3.8, 4) is 5.75 Å². The van der Waals surface area contributed by atoms with Crippen LogP contribution in [0.25, 0.3) is 6.08 Å². The maximum Gasteiger partial charge on any atom is 0.268 e. The molecule has 31 heavy (non-hydrogen) atoms. The van der Waals surface area contributed by atoms with Gasteiger partial charge in [0.1, 0.15) is 18.1 Å². The number of carbonyl (C=O) groups excluding carboxylic acids is 2. The summed E-state index contributed by atoms with van der Waals surface area (Å²) in [4.78, 5) is 26.5. The lowest BCUT2D eigenvalue weighted by atomic mass is 10.1. The van der Waals surface area contributed by atoms with E-state index in [2.05, 4.69) is 10.6 Å². The SMILES string of the molecule is Cc1cccc(C(=O)N/C(=C\c2cccs2)C(=O)NC(C)COc2ccccc2C)c1. The van der Waals surface area contributed by atoms with Crippen LogP contribution in [0.15, 0.2) is 71.7 Å². The van der Waals surface area contributed by atoms with E-state index in [4.69, 9.17) is 4.74 Å². The summed E-state index contributed by atoms with van der Waals surface area (Å²) in [6, 6.07) is 18.5. The molecule has 1 aromatic heterocycles. The standard InChI is InChI=1S/C25H26N2O3S/c1-17-8-6-10-20(14-17)24(28)27-22(15-21-11-7-13-31-21)25(29)26-19(3)16-30-23-12-5-4-9-18(23)2/h4-15,19H,16H2,1-3H3,(H,26,29)(H,27,28)/b22-15-. The molecule has 1 heterocycles. The molecule has 1 atom stereocenters. The molecule has 0 saturated heterocycles. The third kappa shape index (κ3) is 6.55. The van der Waals surface area contributed by atoms with Crippen molar-refractivity contribution in [3.63, 3.8) is 0 Å². The van der Waals surface area contributed by atoms with Crippen LogP contribution in [0.5, 0.6) is 5.75 Å². The Balaban J connectivity index is 1.69. The Morgan fingerprint density at radius 2 is 1.87 bits per heavy atom. The number of rotatable bonds is 8. The molecule has 0 aliphatic heterocycles. The topological polar surface area (TPSA) is 67.4 Å². The molecule has 5 nitrogen and oxygen atoms in total. The van der Waals surface area contributed by atoms with Crippen LogP contribution >= 0.6 is 11.3 Å². The highest BCUT2D eigenvalue weighted by Gasteiger charge is 2.17. The Morgan fingerprint density at radius 3 is 2.58 bits per heavy atom. The second-order valence-electron chi connectivity index (χ2n) is 7.35. The van der Waals surface area contributed by atoms with Crippen molar-refractivity contribution < 1.29 is 14.3 Å². The minimum Gasteiger partial charge on any atom is -0.491 e. The van der Waals surface area contributed by atoms with Crippen molar-refractivity contribution in [2.45, 2.75) is 26.8 Å². The van der Waals surface area contributed by atoms with Gasteiger partial charge in [-0.15, -0.1) is 11.3 Å². The number of para-hydroxylation sites is 1. The zero-order valence-electron chi connectivity index (χ0n) is 17.8. The number of aryl methyl sites for hydroxylation is 2. The molecule has 2 aromatic carbocycles. The lowest BCUT2D eigenvalue weighted by molar-refractivity contribution is -0.118. The van der Waals surface area contributed by atoms with Crippen molar-refractivity contribution in [3.05, 3.63) is 93.3 Å². The largest absolute Gasteiger partial charge is 0.491 e. The van der Waals surface area contributed by atoms with Gasteiger partial charge in [0.15, 0.2) is 0 Å². The Morgan fingerprint density at radius 1 is 1.06 bits per heavy atom. The first-order valence-corrected chi connectivity index (χ1v) is 10.9. The third-order valence-electron chi connectivity index (χ3n) is 4.56. The van der Waals surface area contributed by atoms with Gasteiger partial charge in [0.05, 0.1) is 6.04 Å². The molecule has 6 heteroatoms. The summed E-state index contributed by atoms with van der Waals surface area (Å²) in [6.07, 6.45) is 1.68. The Hall–Kier alpha value is -3.38. The van der Waals surface area contributed by atoms with Crippen LogP contribution in [0, 0.1) is 13.8 Å². The van der Waals surface area contributed by atoms with Crippen molar-refractivity contribution in [2.75, 3.05) is 6.61 Å². The normalized spacial score (nSPS) is 12.2. The maximum absolute atomic E-state index is 12.9. The van der Waals surface area contributed by atoms with E-state index in [1.807, 2.05) is 74.7 Å². The van der Waals surface area contributed by atoms with Crippen molar-refractivity contribution in [1.82, 2.24) is 10.6 Å². The third-order valence-corrected chi connectivity index (χ3v) is 5.38. The molecular weight excluding hydrogens is 408 g/mol. The zero-order valence-corrected chi connectivity index (χ0v) is 18.7. The summed E-state index contributed by atoms with van der Waals surface area (Å²) in [6.45, 7) is 6.07. The molecule has 2 N–H and O–H groups in total.